The fourth-order valence-electron chi connectivity index (χ4n) is 2.74. The SMILES string of the molecule is O=c1ccc2nc3c(=O)c(=O)c4c(=O)c(=O)c(=O)c(=O)c4c3nc2c1=O. The van der Waals surface area contributed by atoms with Crippen LogP contribution in [0.15, 0.2) is 50.5 Å². The van der Waals surface area contributed by atoms with Gasteiger partial charge in [-0.25, -0.2) is 9.97 Å². The lowest BCUT2D eigenvalue weighted by Crippen LogP contribution is -2.49. The van der Waals surface area contributed by atoms with Crippen molar-refractivity contribution in [3.8, 4) is 0 Å². The van der Waals surface area contributed by atoms with Crippen molar-refractivity contribution < 1.29 is 0 Å². The van der Waals surface area contributed by atoms with Gasteiger partial charge in [0, 0.05) is 0 Å². The summed E-state index contributed by atoms with van der Waals surface area (Å²) in [5.74, 6) is 0. The number of nitrogens with zero attached hydrogens (tertiary/aromatic N) is 2. The van der Waals surface area contributed by atoms with E-state index in [4.69, 9.17) is 0 Å². The van der Waals surface area contributed by atoms with E-state index in [1.165, 1.54) is 0 Å². The van der Waals surface area contributed by atoms with Crippen molar-refractivity contribution in [3.05, 3.63) is 93.9 Å². The van der Waals surface area contributed by atoms with Gasteiger partial charge in [0.15, 0.2) is 0 Å². The first-order valence-corrected chi connectivity index (χ1v) is 6.94. The molecule has 26 heavy (non-hydrogen) atoms. The number of benzene rings is 3. The summed E-state index contributed by atoms with van der Waals surface area (Å²) in [5.41, 5.74) is -13.3. The van der Waals surface area contributed by atoms with Gasteiger partial charge in [0.2, 0.25) is 21.7 Å². The number of hydrogen-bond acceptors (Lipinski definition) is 10. The van der Waals surface area contributed by atoms with Gasteiger partial charge in [-0.05, 0) is 12.1 Å². The van der Waals surface area contributed by atoms with E-state index < -0.39 is 70.8 Å². The molecule has 10 nitrogen and oxygen atoms in total. The van der Waals surface area contributed by atoms with Gasteiger partial charge < -0.3 is 0 Å². The monoisotopic (exact) mass is 350 g/mol. The molecule has 1 heterocycles. The number of rotatable bonds is 0. The maximum atomic E-state index is 12.2. The van der Waals surface area contributed by atoms with Crippen molar-refractivity contribution in [3.63, 3.8) is 0 Å². The summed E-state index contributed by atoms with van der Waals surface area (Å²) in [6.45, 7) is 0. The van der Waals surface area contributed by atoms with E-state index in [1.807, 2.05) is 0 Å². The molecule has 0 spiro atoms. The van der Waals surface area contributed by atoms with E-state index in [1.54, 1.807) is 0 Å². The molecule has 0 bridgehead atoms. The van der Waals surface area contributed by atoms with Crippen LogP contribution in [0.1, 0.15) is 0 Å². The Morgan fingerprint density at radius 1 is 0.462 bits per heavy atom. The zero-order valence-electron chi connectivity index (χ0n) is 12.3. The van der Waals surface area contributed by atoms with Gasteiger partial charge in [0.05, 0.1) is 16.3 Å². The second-order valence-electron chi connectivity index (χ2n) is 5.41. The third-order valence-electron chi connectivity index (χ3n) is 3.96. The summed E-state index contributed by atoms with van der Waals surface area (Å²) < 4.78 is 0. The molecule has 0 atom stereocenters. The molecule has 0 aliphatic heterocycles. The molecule has 0 saturated heterocycles. The van der Waals surface area contributed by atoms with Crippen LogP contribution in [0.3, 0.4) is 0 Å². The fraction of sp³-hybridized carbons (Fsp3) is 0. The standard InChI is InChI=1S/C16H2N2O8/c19-4-2-1-3-7(10(4)20)18-8-5-6(12(22)14(24)9(8)17-3)13(23)16(26)15(25)11(5)21/h1-2H. The molecule has 0 aliphatic carbocycles. The third-order valence-corrected chi connectivity index (χ3v) is 3.96. The minimum Gasteiger partial charge on any atom is -0.285 e. The zero-order valence-corrected chi connectivity index (χ0v) is 12.3. The van der Waals surface area contributed by atoms with Crippen molar-refractivity contribution >= 4 is 32.8 Å². The predicted octanol–water partition coefficient (Wildman–Crippen LogP) is -3.43. The normalized spacial score (nSPS) is 11.5. The molecule has 3 aromatic carbocycles. The zero-order chi connectivity index (χ0) is 18.9. The fourth-order valence-corrected chi connectivity index (χ4v) is 2.74. The Morgan fingerprint density at radius 3 is 1.69 bits per heavy atom. The largest absolute Gasteiger partial charge is 0.285 e. The second-order valence-corrected chi connectivity index (χ2v) is 5.41. The minimum absolute atomic E-state index is 0.185. The van der Waals surface area contributed by atoms with Crippen LogP contribution in [-0.2, 0) is 0 Å². The average Bonchev–Trinajstić information content (AvgIpc) is 2.63. The lowest BCUT2D eigenvalue weighted by Gasteiger charge is -2.01. The van der Waals surface area contributed by atoms with Crippen LogP contribution in [0.4, 0.5) is 0 Å². The van der Waals surface area contributed by atoms with Crippen LogP contribution in [0.25, 0.3) is 32.8 Å². The first-order valence-electron chi connectivity index (χ1n) is 6.94. The molecule has 4 rings (SSSR count). The maximum Gasteiger partial charge on any atom is 0.277 e. The topological polar surface area (TPSA) is 162 Å². The first kappa shape index (κ1) is 15.4. The van der Waals surface area contributed by atoms with Crippen molar-refractivity contribution in [1.29, 1.82) is 0 Å². The lowest BCUT2D eigenvalue weighted by atomic mass is 10.1. The molecule has 0 N–H and O–H groups in total. The van der Waals surface area contributed by atoms with E-state index in [-0.39, 0.29) is 5.52 Å². The van der Waals surface area contributed by atoms with E-state index in [9.17, 15) is 38.4 Å². The average molecular weight is 350 g/mol. The van der Waals surface area contributed by atoms with Crippen LogP contribution >= 0.6 is 0 Å². The molecular formula is C16H2N2O8. The van der Waals surface area contributed by atoms with Gasteiger partial charge in [-0.2, -0.15) is 0 Å². The maximum absolute atomic E-state index is 12.2. The highest BCUT2D eigenvalue weighted by Gasteiger charge is 2.23. The van der Waals surface area contributed by atoms with E-state index in [2.05, 4.69) is 9.97 Å². The van der Waals surface area contributed by atoms with Crippen LogP contribution in [-0.4, -0.2) is 9.97 Å². The Balaban J connectivity index is 2.58. The third kappa shape index (κ3) is 1.69. The Bertz CT molecular complexity index is 1740. The highest BCUT2D eigenvalue weighted by molar-refractivity contribution is 6.05. The van der Waals surface area contributed by atoms with Gasteiger partial charge in [-0.1, -0.05) is 0 Å². The molecule has 1 aromatic heterocycles. The van der Waals surface area contributed by atoms with Crippen molar-refractivity contribution in [1.82, 2.24) is 9.97 Å². The smallest absolute Gasteiger partial charge is 0.277 e. The van der Waals surface area contributed by atoms with E-state index in [0.717, 1.165) is 12.1 Å². The highest BCUT2D eigenvalue weighted by Crippen LogP contribution is 2.13. The summed E-state index contributed by atoms with van der Waals surface area (Å²) in [5, 5.41) is -1.93. The Hall–Kier alpha value is -4.08. The molecule has 0 saturated carbocycles. The van der Waals surface area contributed by atoms with Crippen LogP contribution < -0.4 is 43.4 Å². The molecule has 4 aromatic rings. The summed E-state index contributed by atoms with van der Waals surface area (Å²) >= 11 is 0. The van der Waals surface area contributed by atoms with Gasteiger partial charge in [0.1, 0.15) is 16.6 Å². The van der Waals surface area contributed by atoms with Crippen LogP contribution in [0.2, 0.25) is 0 Å². The minimum atomic E-state index is -1.74. The second kappa shape index (κ2) is 4.72. The highest BCUT2D eigenvalue weighted by atomic mass is 16.2. The Kier molecular flexibility index (Phi) is 2.81. The molecule has 124 valence electrons. The van der Waals surface area contributed by atoms with Gasteiger partial charge in [-0.15, -0.1) is 0 Å². The number of aromatic nitrogens is 2. The van der Waals surface area contributed by atoms with Crippen LogP contribution in [0, 0.1) is 0 Å². The van der Waals surface area contributed by atoms with Crippen molar-refractivity contribution in [2.45, 2.75) is 0 Å². The first-order chi connectivity index (χ1) is 12.2. The van der Waals surface area contributed by atoms with E-state index in [0.29, 0.717) is 0 Å². The molecule has 0 amide bonds. The molecule has 0 fully saturated rings. The molecule has 0 aliphatic rings. The molecule has 10 heteroatoms. The van der Waals surface area contributed by atoms with Crippen molar-refractivity contribution in [2.75, 3.05) is 0 Å². The quantitative estimate of drug-likeness (QED) is 0.177. The Labute approximate surface area is 137 Å². The molecular weight excluding hydrogens is 348 g/mol. The predicted molar refractivity (Wildman–Crippen MR) is 89.5 cm³/mol. The van der Waals surface area contributed by atoms with Gasteiger partial charge in [-0.3, -0.25) is 38.4 Å². The summed E-state index contributed by atoms with van der Waals surface area (Å²) in [6.07, 6.45) is 0. The van der Waals surface area contributed by atoms with Crippen molar-refractivity contribution in [2.24, 2.45) is 0 Å². The number of fused-ring (bicyclic) bond motifs is 4. The Morgan fingerprint density at radius 2 is 1.04 bits per heavy atom. The summed E-state index contributed by atoms with van der Waals surface area (Å²) in [4.78, 5) is 103. The van der Waals surface area contributed by atoms with Gasteiger partial charge >= 0.3 is 0 Å². The lowest BCUT2D eigenvalue weighted by molar-refractivity contribution is 1.32. The molecule has 0 unspecified atom stereocenters. The summed E-state index contributed by atoms with van der Waals surface area (Å²) in [7, 11) is 0. The van der Waals surface area contributed by atoms with Gasteiger partial charge in [0.25, 0.3) is 21.7 Å². The van der Waals surface area contributed by atoms with Crippen LogP contribution in [0.5, 0.6) is 0 Å². The molecule has 0 radical (unpaired) electrons. The summed E-state index contributed by atoms with van der Waals surface area (Å²) in [6, 6.07) is 1.99. The number of hydrogen-bond donors (Lipinski definition) is 0. The van der Waals surface area contributed by atoms with E-state index >= 15 is 0 Å².